The Kier molecular flexibility index (Phi) is 3.41. The van der Waals surface area contributed by atoms with Gasteiger partial charge in [-0.25, -0.2) is 13.2 Å². The Morgan fingerprint density at radius 3 is 2.37 bits per heavy atom. The highest BCUT2D eigenvalue weighted by atomic mass is 19.2. The van der Waals surface area contributed by atoms with Gasteiger partial charge in [0.1, 0.15) is 17.1 Å². The van der Waals surface area contributed by atoms with Gasteiger partial charge >= 0.3 is 0 Å². The van der Waals surface area contributed by atoms with Crippen LogP contribution in [-0.4, -0.2) is 11.0 Å². The lowest BCUT2D eigenvalue weighted by atomic mass is 10.1. The van der Waals surface area contributed by atoms with Crippen molar-refractivity contribution < 1.29 is 23.1 Å². The molecule has 0 saturated heterocycles. The zero-order valence-electron chi connectivity index (χ0n) is 9.45. The Hall–Kier alpha value is -2.50. The summed E-state index contributed by atoms with van der Waals surface area (Å²) < 4.78 is 39.0. The van der Waals surface area contributed by atoms with Crippen molar-refractivity contribution >= 4 is 11.6 Å². The predicted molar refractivity (Wildman–Crippen MR) is 62.4 cm³/mol. The van der Waals surface area contributed by atoms with Crippen LogP contribution in [0.1, 0.15) is 10.4 Å². The van der Waals surface area contributed by atoms with Crippen molar-refractivity contribution in [3.05, 3.63) is 59.4 Å². The molecule has 0 aliphatic rings. The van der Waals surface area contributed by atoms with Gasteiger partial charge < -0.3 is 10.4 Å². The maximum absolute atomic E-state index is 13.4. The Morgan fingerprint density at radius 1 is 1.00 bits per heavy atom. The van der Waals surface area contributed by atoms with Gasteiger partial charge in [0, 0.05) is 11.8 Å². The van der Waals surface area contributed by atoms with Gasteiger partial charge in [-0.1, -0.05) is 6.07 Å². The van der Waals surface area contributed by atoms with E-state index in [-0.39, 0.29) is 5.69 Å². The van der Waals surface area contributed by atoms with E-state index in [9.17, 15) is 23.1 Å². The molecule has 0 fully saturated rings. The van der Waals surface area contributed by atoms with E-state index in [1.54, 1.807) is 0 Å². The standard InChI is InChI=1S/C13H8F3NO2/c14-8-5-4-7(6-10(8)16)17-13(19)12-9(15)2-1-3-11(12)18/h1-6,18H,(H,17,19). The molecule has 0 atom stereocenters. The van der Waals surface area contributed by atoms with Gasteiger partial charge in [0.15, 0.2) is 11.6 Å². The first-order valence-corrected chi connectivity index (χ1v) is 5.23. The quantitative estimate of drug-likeness (QED) is 0.878. The van der Waals surface area contributed by atoms with Gasteiger partial charge in [-0.3, -0.25) is 4.79 Å². The number of hydrogen-bond acceptors (Lipinski definition) is 2. The fourth-order valence-electron chi connectivity index (χ4n) is 1.51. The highest BCUT2D eigenvalue weighted by Gasteiger charge is 2.17. The largest absolute Gasteiger partial charge is 0.507 e. The maximum atomic E-state index is 13.4. The molecule has 0 bridgehead atoms. The lowest BCUT2D eigenvalue weighted by molar-refractivity contribution is 0.102. The van der Waals surface area contributed by atoms with Crippen molar-refractivity contribution in [1.82, 2.24) is 0 Å². The van der Waals surface area contributed by atoms with Crippen LogP contribution in [0.3, 0.4) is 0 Å². The number of rotatable bonds is 2. The molecule has 2 N–H and O–H groups in total. The van der Waals surface area contributed by atoms with E-state index in [0.717, 1.165) is 30.3 Å². The van der Waals surface area contributed by atoms with E-state index in [2.05, 4.69) is 5.32 Å². The first kappa shape index (κ1) is 12.9. The van der Waals surface area contributed by atoms with Gasteiger partial charge in [-0.15, -0.1) is 0 Å². The summed E-state index contributed by atoms with van der Waals surface area (Å²) in [5, 5.41) is 11.6. The van der Waals surface area contributed by atoms with Crippen LogP contribution in [0.4, 0.5) is 18.9 Å². The second kappa shape index (κ2) is 5.01. The van der Waals surface area contributed by atoms with E-state index < -0.39 is 34.7 Å². The number of aromatic hydroxyl groups is 1. The number of hydrogen-bond donors (Lipinski definition) is 2. The van der Waals surface area contributed by atoms with Crippen LogP contribution in [-0.2, 0) is 0 Å². The monoisotopic (exact) mass is 267 g/mol. The normalized spacial score (nSPS) is 10.3. The minimum Gasteiger partial charge on any atom is -0.507 e. The molecule has 0 aliphatic carbocycles. The van der Waals surface area contributed by atoms with Crippen molar-refractivity contribution in [2.75, 3.05) is 5.32 Å². The summed E-state index contributed by atoms with van der Waals surface area (Å²) in [7, 11) is 0. The summed E-state index contributed by atoms with van der Waals surface area (Å²) in [4.78, 5) is 11.7. The van der Waals surface area contributed by atoms with Crippen LogP contribution in [0.25, 0.3) is 0 Å². The summed E-state index contributed by atoms with van der Waals surface area (Å²) in [6, 6.07) is 6.08. The average Bonchev–Trinajstić information content (AvgIpc) is 2.33. The molecule has 0 saturated carbocycles. The minimum absolute atomic E-state index is 0.0495. The Labute approximate surface area is 106 Å². The zero-order valence-corrected chi connectivity index (χ0v) is 9.45. The third-order valence-electron chi connectivity index (χ3n) is 2.40. The molecular formula is C13H8F3NO2. The molecular weight excluding hydrogens is 259 g/mol. The Balaban J connectivity index is 2.28. The zero-order chi connectivity index (χ0) is 14.0. The molecule has 19 heavy (non-hydrogen) atoms. The van der Waals surface area contributed by atoms with Gasteiger partial charge in [0.05, 0.1) is 0 Å². The van der Waals surface area contributed by atoms with Gasteiger partial charge in [-0.05, 0) is 24.3 Å². The number of benzene rings is 2. The van der Waals surface area contributed by atoms with Crippen molar-refractivity contribution in [3.8, 4) is 5.75 Å². The molecule has 2 aromatic rings. The van der Waals surface area contributed by atoms with E-state index in [1.807, 2.05) is 0 Å². The van der Waals surface area contributed by atoms with E-state index in [0.29, 0.717) is 0 Å². The van der Waals surface area contributed by atoms with E-state index in [4.69, 9.17) is 0 Å². The van der Waals surface area contributed by atoms with Gasteiger partial charge in [0.25, 0.3) is 5.91 Å². The van der Waals surface area contributed by atoms with Crippen molar-refractivity contribution in [3.63, 3.8) is 0 Å². The van der Waals surface area contributed by atoms with Crippen LogP contribution < -0.4 is 5.32 Å². The Morgan fingerprint density at radius 2 is 1.74 bits per heavy atom. The number of amides is 1. The van der Waals surface area contributed by atoms with Crippen LogP contribution >= 0.6 is 0 Å². The van der Waals surface area contributed by atoms with Crippen molar-refractivity contribution in [2.45, 2.75) is 0 Å². The number of halogens is 3. The summed E-state index contributed by atoms with van der Waals surface area (Å²) in [5.41, 5.74) is -0.612. The van der Waals surface area contributed by atoms with Gasteiger partial charge in [-0.2, -0.15) is 0 Å². The first-order chi connectivity index (χ1) is 8.99. The predicted octanol–water partition coefficient (Wildman–Crippen LogP) is 3.06. The molecule has 0 unspecified atom stereocenters. The van der Waals surface area contributed by atoms with Crippen molar-refractivity contribution in [2.24, 2.45) is 0 Å². The van der Waals surface area contributed by atoms with Crippen molar-refractivity contribution in [1.29, 1.82) is 0 Å². The number of phenols is 1. The fraction of sp³-hybridized carbons (Fsp3) is 0. The number of carbonyl (C=O) groups excluding carboxylic acids is 1. The molecule has 6 heteroatoms. The third kappa shape index (κ3) is 2.67. The highest BCUT2D eigenvalue weighted by Crippen LogP contribution is 2.22. The number of anilines is 1. The second-order valence-electron chi connectivity index (χ2n) is 3.72. The van der Waals surface area contributed by atoms with Crippen LogP contribution in [0.15, 0.2) is 36.4 Å². The summed E-state index contributed by atoms with van der Waals surface area (Å²) in [6.07, 6.45) is 0. The number of carbonyl (C=O) groups is 1. The molecule has 3 nitrogen and oxygen atoms in total. The Bertz CT molecular complexity index is 624. The molecule has 2 rings (SSSR count). The lowest BCUT2D eigenvalue weighted by Crippen LogP contribution is -2.14. The smallest absolute Gasteiger partial charge is 0.262 e. The molecule has 0 heterocycles. The summed E-state index contributed by atoms with van der Waals surface area (Å²) in [6.45, 7) is 0. The lowest BCUT2D eigenvalue weighted by Gasteiger charge is -2.07. The van der Waals surface area contributed by atoms with Crippen LogP contribution in [0.5, 0.6) is 5.75 Å². The molecule has 2 aromatic carbocycles. The molecule has 98 valence electrons. The van der Waals surface area contributed by atoms with Crippen LogP contribution in [0.2, 0.25) is 0 Å². The topological polar surface area (TPSA) is 49.3 Å². The van der Waals surface area contributed by atoms with Crippen LogP contribution in [0, 0.1) is 17.5 Å². The fourth-order valence-corrected chi connectivity index (χ4v) is 1.51. The third-order valence-corrected chi connectivity index (χ3v) is 2.40. The highest BCUT2D eigenvalue weighted by molar-refractivity contribution is 6.06. The molecule has 0 spiro atoms. The van der Waals surface area contributed by atoms with E-state index >= 15 is 0 Å². The molecule has 0 aromatic heterocycles. The minimum atomic E-state index is -1.14. The molecule has 0 aliphatic heterocycles. The van der Waals surface area contributed by atoms with E-state index in [1.165, 1.54) is 6.07 Å². The summed E-state index contributed by atoms with van der Waals surface area (Å²) >= 11 is 0. The maximum Gasteiger partial charge on any atom is 0.262 e. The summed E-state index contributed by atoms with van der Waals surface area (Å²) in [5.74, 6) is -4.62. The number of phenolic OH excluding ortho intramolecular Hbond substituents is 1. The number of nitrogens with one attached hydrogen (secondary N) is 1. The molecule has 0 radical (unpaired) electrons. The van der Waals surface area contributed by atoms with Gasteiger partial charge in [0.2, 0.25) is 0 Å². The second-order valence-corrected chi connectivity index (χ2v) is 3.72. The SMILES string of the molecule is O=C(Nc1ccc(F)c(F)c1)c1c(O)cccc1F. The average molecular weight is 267 g/mol. The molecule has 1 amide bonds. The first-order valence-electron chi connectivity index (χ1n) is 5.23.